The Morgan fingerprint density at radius 2 is 1.91 bits per heavy atom. The molecule has 0 amide bonds. The van der Waals surface area contributed by atoms with Gasteiger partial charge in [-0.2, -0.15) is 8.97 Å². The number of pyridine rings is 1. The topological polar surface area (TPSA) is 51.4 Å². The van der Waals surface area contributed by atoms with Crippen molar-refractivity contribution in [2.75, 3.05) is 0 Å². The highest BCUT2D eigenvalue weighted by atomic mass is 16.6. The highest BCUT2D eigenvalue weighted by molar-refractivity contribution is 5.89. The van der Waals surface area contributed by atoms with Crippen LogP contribution in [0.15, 0.2) is 60.7 Å². The van der Waals surface area contributed by atoms with E-state index in [-0.39, 0.29) is 10.6 Å². The lowest BCUT2D eigenvalue weighted by atomic mass is 10.2. The number of aromatic nitrogens is 2. The first-order valence-corrected chi connectivity index (χ1v) is 7.35. The predicted octanol–water partition coefficient (Wildman–Crippen LogP) is 3.93. The summed E-state index contributed by atoms with van der Waals surface area (Å²) < 4.78 is 4.25. The molecule has 0 atom stereocenters. The first kappa shape index (κ1) is 13.5. The van der Waals surface area contributed by atoms with E-state index in [1.54, 1.807) is 12.1 Å². The first-order chi connectivity index (χ1) is 11.2. The van der Waals surface area contributed by atoms with E-state index in [4.69, 9.17) is 0 Å². The number of fused-ring (bicyclic) bond motifs is 5. The lowest BCUT2D eigenvalue weighted by Crippen LogP contribution is -2.25. The van der Waals surface area contributed by atoms with Gasteiger partial charge < -0.3 is 0 Å². The zero-order valence-corrected chi connectivity index (χ0v) is 12.5. The number of benzene rings is 2. The Labute approximate surface area is 131 Å². The van der Waals surface area contributed by atoms with Gasteiger partial charge in [0.25, 0.3) is 11.3 Å². The summed E-state index contributed by atoms with van der Waals surface area (Å²) in [6, 6.07) is 17.0. The van der Waals surface area contributed by atoms with Crippen LogP contribution in [-0.4, -0.2) is 9.32 Å². The summed E-state index contributed by atoms with van der Waals surface area (Å²) in [5.74, 6) is 0. The van der Waals surface area contributed by atoms with Gasteiger partial charge in [0.1, 0.15) is 5.52 Å². The smallest absolute Gasteiger partial charge is 0.258 e. The minimum Gasteiger partial charge on any atom is -0.258 e. The molecule has 2 aromatic heterocycles. The quantitative estimate of drug-likeness (QED) is 0.320. The second-order valence-electron chi connectivity index (χ2n) is 5.37. The van der Waals surface area contributed by atoms with Crippen molar-refractivity contribution >= 4 is 39.5 Å². The average molecular weight is 304 g/mol. The van der Waals surface area contributed by atoms with Gasteiger partial charge in [-0.15, -0.1) is 0 Å². The van der Waals surface area contributed by atoms with Gasteiger partial charge in [0, 0.05) is 23.6 Å². The van der Waals surface area contributed by atoms with Crippen molar-refractivity contribution in [2.24, 2.45) is 0 Å². The van der Waals surface area contributed by atoms with Gasteiger partial charge in [0.15, 0.2) is 11.0 Å². The number of imidazole rings is 1. The summed E-state index contributed by atoms with van der Waals surface area (Å²) in [4.78, 5) is 10.6. The maximum absolute atomic E-state index is 11.0. The standard InChI is InChI=1S/C18H14N3O2/c1-2-11-19-16-5-3-4-6-17(16)20-15-9-8-14(21(22)23)12-13(15)7-10-18(19)20/h2-12H,1H3/q+1/b11-2+. The molecule has 0 saturated carbocycles. The molecule has 0 radical (unpaired) electrons. The number of nitrogens with zero attached hydrogens (tertiary/aromatic N) is 3. The number of hydrogen-bond donors (Lipinski definition) is 0. The van der Waals surface area contributed by atoms with E-state index in [2.05, 4.69) is 21.1 Å². The van der Waals surface area contributed by atoms with Crippen LogP contribution in [0.1, 0.15) is 6.92 Å². The number of non-ortho nitro benzene ring substituents is 1. The SMILES string of the molecule is C/C=C/[n+]1c2ccccc2n2c3ccc([N+](=O)[O-])cc3ccc21. The van der Waals surface area contributed by atoms with Gasteiger partial charge in [0.05, 0.1) is 11.1 Å². The highest BCUT2D eigenvalue weighted by Crippen LogP contribution is 2.25. The van der Waals surface area contributed by atoms with Crippen molar-refractivity contribution in [1.29, 1.82) is 0 Å². The third kappa shape index (κ3) is 1.90. The van der Waals surface area contributed by atoms with Crippen molar-refractivity contribution in [3.63, 3.8) is 0 Å². The van der Waals surface area contributed by atoms with Crippen molar-refractivity contribution < 1.29 is 9.49 Å². The van der Waals surface area contributed by atoms with Gasteiger partial charge in [-0.25, -0.2) is 0 Å². The molecule has 4 aromatic rings. The molecule has 0 unspecified atom stereocenters. The van der Waals surface area contributed by atoms with E-state index in [0.29, 0.717) is 0 Å². The van der Waals surface area contributed by atoms with E-state index < -0.39 is 0 Å². The molecule has 0 fully saturated rings. The monoisotopic (exact) mass is 304 g/mol. The molecule has 5 heteroatoms. The summed E-state index contributed by atoms with van der Waals surface area (Å²) in [5.41, 5.74) is 4.24. The van der Waals surface area contributed by atoms with Crippen molar-refractivity contribution in [2.45, 2.75) is 6.92 Å². The fraction of sp³-hybridized carbons (Fsp3) is 0.0556. The molecule has 112 valence electrons. The molecule has 2 heterocycles. The predicted molar refractivity (Wildman–Crippen MR) is 90.3 cm³/mol. The number of nitro benzene ring substituents is 1. The fourth-order valence-corrected chi connectivity index (χ4v) is 3.08. The molecule has 0 bridgehead atoms. The van der Waals surface area contributed by atoms with Crippen LogP contribution in [0.4, 0.5) is 5.69 Å². The van der Waals surface area contributed by atoms with Crippen LogP contribution in [0.25, 0.3) is 33.8 Å². The Morgan fingerprint density at radius 3 is 2.70 bits per heavy atom. The molecule has 0 spiro atoms. The Bertz CT molecular complexity index is 1110. The van der Waals surface area contributed by atoms with Crippen LogP contribution in [0.5, 0.6) is 0 Å². The maximum atomic E-state index is 11.0. The Hall–Kier alpha value is -3.21. The number of hydrogen-bond acceptors (Lipinski definition) is 2. The lowest BCUT2D eigenvalue weighted by Gasteiger charge is -1.98. The summed E-state index contributed by atoms with van der Waals surface area (Å²) in [7, 11) is 0. The third-order valence-corrected chi connectivity index (χ3v) is 4.03. The summed E-state index contributed by atoms with van der Waals surface area (Å²) in [6.07, 6.45) is 4.02. The van der Waals surface area contributed by atoms with Crippen molar-refractivity contribution in [1.82, 2.24) is 4.40 Å². The number of nitro groups is 1. The first-order valence-electron chi connectivity index (χ1n) is 7.35. The summed E-state index contributed by atoms with van der Waals surface area (Å²) in [5, 5.41) is 11.8. The summed E-state index contributed by atoms with van der Waals surface area (Å²) in [6.45, 7) is 1.98. The van der Waals surface area contributed by atoms with E-state index in [0.717, 1.165) is 27.6 Å². The highest BCUT2D eigenvalue weighted by Gasteiger charge is 2.20. The Morgan fingerprint density at radius 1 is 1.09 bits per heavy atom. The largest absolute Gasteiger partial charge is 0.292 e. The normalized spacial score (nSPS) is 11.9. The average Bonchev–Trinajstić information content (AvgIpc) is 2.89. The molecule has 0 saturated heterocycles. The molecule has 2 aromatic carbocycles. The second kappa shape index (κ2) is 4.91. The number of allylic oxidation sites excluding steroid dienone is 1. The van der Waals surface area contributed by atoms with Crippen LogP contribution >= 0.6 is 0 Å². The van der Waals surface area contributed by atoms with Crippen molar-refractivity contribution in [3.05, 3.63) is 70.8 Å². The van der Waals surface area contributed by atoms with Gasteiger partial charge in [-0.3, -0.25) is 10.1 Å². The van der Waals surface area contributed by atoms with Gasteiger partial charge in [-0.05, 0) is 37.3 Å². The van der Waals surface area contributed by atoms with Crippen LogP contribution in [0, 0.1) is 10.1 Å². The van der Waals surface area contributed by atoms with Gasteiger partial charge in [0.2, 0.25) is 0 Å². The van der Waals surface area contributed by atoms with Crippen molar-refractivity contribution in [3.8, 4) is 0 Å². The zero-order valence-electron chi connectivity index (χ0n) is 12.5. The Balaban J connectivity index is 2.22. The number of para-hydroxylation sites is 2. The van der Waals surface area contributed by atoms with Crippen LogP contribution < -0.4 is 4.57 Å². The van der Waals surface area contributed by atoms with Crippen LogP contribution in [0.3, 0.4) is 0 Å². The third-order valence-electron chi connectivity index (χ3n) is 4.03. The fourth-order valence-electron chi connectivity index (χ4n) is 3.08. The lowest BCUT2D eigenvalue weighted by molar-refractivity contribution is -0.509. The minimum absolute atomic E-state index is 0.106. The number of rotatable bonds is 2. The molecular weight excluding hydrogens is 290 g/mol. The Kier molecular flexibility index (Phi) is 2.87. The maximum Gasteiger partial charge on any atom is 0.292 e. The van der Waals surface area contributed by atoms with Crippen LogP contribution in [0.2, 0.25) is 0 Å². The van der Waals surface area contributed by atoms with E-state index >= 15 is 0 Å². The molecular formula is C18H14N3O2+. The van der Waals surface area contributed by atoms with Gasteiger partial charge >= 0.3 is 0 Å². The minimum atomic E-state index is -0.364. The molecule has 23 heavy (non-hydrogen) atoms. The molecule has 5 nitrogen and oxygen atoms in total. The van der Waals surface area contributed by atoms with Gasteiger partial charge in [-0.1, -0.05) is 12.1 Å². The van der Waals surface area contributed by atoms with E-state index in [1.165, 1.54) is 0 Å². The molecule has 0 aliphatic rings. The van der Waals surface area contributed by atoms with Crippen LogP contribution in [-0.2, 0) is 0 Å². The molecule has 0 N–H and O–H groups in total. The summed E-state index contributed by atoms with van der Waals surface area (Å²) >= 11 is 0. The zero-order chi connectivity index (χ0) is 16.0. The van der Waals surface area contributed by atoms with E-state index in [1.807, 2.05) is 49.5 Å². The second-order valence-corrected chi connectivity index (χ2v) is 5.37. The van der Waals surface area contributed by atoms with E-state index in [9.17, 15) is 10.1 Å². The molecule has 4 rings (SSSR count). The molecule has 0 aliphatic heterocycles. The molecule has 0 aliphatic carbocycles.